The molecule has 7 nitrogen and oxygen atoms in total. The van der Waals surface area contributed by atoms with E-state index in [1.165, 1.54) is 5.56 Å². The summed E-state index contributed by atoms with van der Waals surface area (Å²) in [5.74, 6) is 3.48. The lowest BCUT2D eigenvalue weighted by Gasteiger charge is -2.18. The molecule has 1 aliphatic rings. The predicted octanol–water partition coefficient (Wildman–Crippen LogP) is 2.13. The second kappa shape index (κ2) is 6.68. The summed E-state index contributed by atoms with van der Waals surface area (Å²) >= 11 is 0. The molecule has 1 fully saturated rings. The Morgan fingerprint density at radius 3 is 2.92 bits per heavy atom. The van der Waals surface area contributed by atoms with Gasteiger partial charge in [0.1, 0.15) is 0 Å². The van der Waals surface area contributed by atoms with Crippen molar-refractivity contribution >= 4 is 5.78 Å². The van der Waals surface area contributed by atoms with E-state index >= 15 is 0 Å². The SMILES string of the molecule is COc1cccc([C@@H]2CCN(Cc3nc4ncccn4n3)C2)c1OC. The lowest BCUT2D eigenvalue weighted by molar-refractivity contribution is 0.315. The first-order valence-electron chi connectivity index (χ1n) is 8.38. The Balaban J connectivity index is 1.50. The largest absolute Gasteiger partial charge is 0.493 e. The molecule has 0 N–H and O–H groups in total. The van der Waals surface area contributed by atoms with Gasteiger partial charge in [0.25, 0.3) is 5.78 Å². The zero-order valence-electron chi connectivity index (χ0n) is 14.4. The highest BCUT2D eigenvalue weighted by atomic mass is 16.5. The average molecular weight is 339 g/mol. The van der Waals surface area contributed by atoms with Gasteiger partial charge in [-0.2, -0.15) is 4.98 Å². The molecule has 4 rings (SSSR count). The summed E-state index contributed by atoms with van der Waals surface area (Å²) in [5, 5.41) is 4.49. The number of likely N-dealkylation sites (tertiary alicyclic amines) is 1. The molecule has 0 spiro atoms. The third-order valence-electron chi connectivity index (χ3n) is 4.67. The molecule has 130 valence electrons. The zero-order chi connectivity index (χ0) is 17.2. The molecule has 0 unspecified atom stereocenters. The van der Waals surface area contributed by atoms with Gasteiger partial charge in [-0.1, -0.05) is 12.1 Å². The third kappa shape index (κ3) is 3.02. The van der Waals surface area contributed by atoms with Crippen molar-refractivity contribution in [2.45, 2.75) is 18.9 Å². The summed E-state index contributed by atoms with van der Waals surface area (Å²) in [6, 6.07) is 7.94. The van der Waals surface area contributed by atoms with Crippen molar-refractivity contribution in [3.8, 4) is 11.5 Å². The number of benzene rings is 1. The van der Waals surface area contributed by atoms with E-state index < -0.39 is 0 Å². The van der Waals surface area contributed by atoms with Gasteiger partial charge < -0.3 is 9.47 Å². The number of ether oxygens (including phenoxy) is 2. The van der Waals surface area contributed by atoms with Crippen LogP contribution in [0.4, 0.5) is 0 Å². The molecule has 25 heavy (non-hydrogen) atoms. The van der Waals surface area contributed by atoms with Crippen LogP contribution in [0.5, 0.6) is 11.5 Å². The lowest BCUT2D eigenvalue weighted by Crippen LogP contribution is -2.20. The fourth-order valence-corrected chi connectivity index (χ4v) is 3.51. The first-order chi connectivity index (χ1) is 12.3. The van der Waals surface area contributed by atoms with E-state index in [4.69, 9.17) is 9.47 Å². The fraction of sp³-hybridized carbons (Fsp3) is 0.389. The van der Waals surface area contributed by atoms with Gasteiger partial charge in [0, 0.05) is 30.4 Å². The maximum Gasteiger partial charge on any atom is 0.252 e. The molecule has 1 aromatic carbocycles. The molecule has 0 radical (unpaired) electrons. The van der Waals surface area contributed by atoms with Crippen LogP contribution in [0, 0.1) is 0 Å². The lowest BCUT2D eigenvalue weighted by atomic mass is 9.97. The minimum absolute atomic E-state index is 0.417. The normalized spacial score (nSPS) is 17.9. The van der Waals surface area contributed by atoms with Crippen molar-refractivity contribution in [3.05, 3.63) is 48.0 Å². The van der Waals surface area contributed by atoms with Crippen LogP contribution in [0.2, 0.25) is 0 Å². The van der Waals surface area contributed by atoms with Crippen LogP contribution in [-0.2, 0) is 6.54 Å². The Hall–Kier alpha value is -2.67. The summed E-state index contributed by atoms with van der Waals surface area (Å²) in [4.78, 5) is 11.1. The van der Waals surface area contributed by atoms with Crippen LogP contribution in [0.25, 0.3) is 5.78 Å². The minimum atomic E-state index is 0.417. The van der Waals surface area contributed by atoms with Crippen LogP contribution in [-0.4, -0.2) is 51.8 Å². The van der Waals surface area contributed by atoms with Crippen molar-refractivity contribution in [3.63, 3.8) is 0 Å². The zero-order valence-corrected chi connectivity index (χ0v) is 14.4. The molecule has 3 heterocycles. The summed E-state index contributed by atoms with van der Waals surface area (Å²) in [6.45, 7) is 2.69. The molecule has 7 heteroatoms. The van der Waals surface area contributed by atoms with Crippen molar-refractivity contribution in [1.29, 1.82) is 0 Å². The first kappa shape index (κ1) is 15.8. The van der Waals surface area contributed by atoms with E-state index in [1.54, 1.807) is 24.9 Å². The van der Waals surface area contributed by atoms with Gasteiger partial charge in [0.15, 0.2) is 17.3 Å². The molecular formula is C18H21N5O2. The smallest absolute Gasteiger partial charge is 0.252 e. The highest BCUT2D eigenvalue weighted by molar-refractivity contribution is 5.48. The number of hydrogen-bond donors (Lipinski definition) is 0. The third-order valence-corrected chi connectivity index (χ3v) is 4.67. The molecule has 2 aromatic heterocycles. The van der Waals surface area contributed by atoms with Gasteiger partial charge in [-0.3, -0.25) is 4.90 Å². The Bertz CT molecular complexity index is 846. The van der Waals surface area contributed by atoms with Gasteiger partial charge >= 0.3 is 0 Å². The topological polar surface area (TPSA) is 64.8 Å². The van der Waals surface area contributed by atoms with Gasteiger partial charge in [-0.05, 0) is 25.1 Å². The van der Waals surface area contributed by atoms with Crippen molar-refractivity contribution < 1.29 is 9.47 Å². The van der Waals surface area contributed by atoms with E-state index in [1.807, 2.05) is 24.4 Å². The summed E-state index contributed by atoms with van der Waals surface area (Å²) < 4.78 is 12.7. The van der Waals surface area contributed by atoms with Crippen LogP contribution in [0.1, 0.15) is 23.7 Å². The van der Waals surface area contributed by atoms with E-state index in [9.17, 15) is 0 Å². The van der Waals surface area contributed by atoms with Crippen LogP contribution >= 0.6 is 0 Å². The molecule has 0 saturated carbocycles. The fourth-order valence-electron chi connectivity index (χ4n) is 3.51. The van der Waals surface area contributed by atoms with E-state index in [0.29, 0.717) is 11.7 Å². The van der Waals surface area contributed by atoms with Crippen LogP contribution < -0.4 is 9.47 Å². The van der Waals surface area contributed by atoms with Crippen molar-refractivity contribution in [2.75, 3.05) is 27.3 Å². The Labute approximate surface area is 146 Å². The van der Waals surface area contributed by atoms with Crippen molar-refractivity contribution in [1.82, 2.24) is 24.5 Å². The summed E-state index contributed by atoms with van der Waals surface area (Å²) in [6.07, 6.45) is 4.68. The molecule has 0 bridgehead atoms. The number of aromatic nitrogens is 4. The second-order valence-corrected chi connectivity index (χ2v) is 6.20. The number of methoxy groups -OCH3 is 2. The molecular weight excluding hydrogens is 318 g/mol. The molecule has 3 aromatic rings. The highest BCUT2D eigenvalue weighted by Gasteiger charge is 2.28. The van der Waals surface area contributed by atoms with Crippen LogP contribution in [0.15, 0.2) is 36.7 Å². The maximum absolute atomic E-state index is 5.59. The summed E-state index contributed by atoms with van der Waals surface area (Å²) in [5.41, 5.74) is 1.20. The van der Waals surface area contributed by atoms with Crippen LogP contribution in [0.3, 0.4) is 0 Å². The quantitative estimate of drug-likeness (QED) is 0.709. The Morgan fingerprint density at radius 2 is 2.12 bits per heavy atom. The number of fused-ring (bicyclic) bond motifs is 1. The average Bonchev–Trinajstić information content (AvgIpc) is 3.27. The number of rotatable bonds is 5. The second-order valence-electron chi connectivity index (χ2n) is 6.20. The maximum atomic E-state index is 5.59. The van der Waals surface area contributed by atoms with Gasteiger partial charge in [-0.25, -0.2) is 9.50 Å². The number of para-hydroxylation sites is 1. The monoisotopic (exact) mass is 339 g/mol. The highest BCUT2D eigenvalue weighted by Crippen LogP contribution is 2.39. The standard InChI is InChI=1S/C18H21N5O2/c1-24-15-6-3-5-14(17(15)25-2)13-7-10-22(11-13)12-16-20-18-19-8-4-9-23(18)21-16/h3-6,8-9,13H,7,10-12H2,1-2H3/t13-/m1/s1. The number of hydrogen-bond acceptors (Lipinski definition) is 6. The van der Waals surface area contributed by atoms with E-state index in [2.05, 4.69) is 26.0 Å². The van der Waals surface area contributed by atoms with Gasteiger partial charge in [0.05, 0.1) is 20.8 Å². The molecule has 1 atom stereocenters. The summed E-state index contributed by atoms with van der Waals surface area (Å²) in [7, 11) is 3.37. The molecule has 0 aliphatic carbocycles. The van der Waals surface area contributed by atoms with Gasteiger partial charge in [0.2, 0.25) is 0 Å². The number of nitrogens with zero attached hydrogens (tertiary/aromatic N) is 5. The van der Waals surface area contributed by atoms with Gasteiger partial charge in [-0.15, -0.1) is 5.10 Å². The Kier molecular flexibility index (Phi) is 4.23. The van der Waals surface area contributed by atoms with E-state index in [0.717, 1.165) is 43.4 Å². The first-order valence-corrected chi connectivity index (χ1v) is 8.38. The van der Waals surface area contributed by atoms with Crippen molar-refractivity contribution in [2.24, 2.45) is 0 Å². The van der Waals surface area contributed by atoms with E-state index in [-0.39, 0.29) is 0 Å². The predicted molar refractivity (Wildman–Crippen MR) is 93.0 cm³/mol. The molecule has 1 aliphatic heterocycles. The molecule has 0 amide bonds. The molecule has 1 saturated heterocycles. The Morgan fingerprint density at radius 1 is 1.20 bits per heavy atom. The minimum Gasteiger partial charge on any atom is -0.493 e.